The monoisotopic (exact) mass is 263 g/mol. The smallest absolute Gasteiger partial charge is 0.257 e. The fourth-order valence-electron chi connectivity index (χ4n) is 2.52. The number of amides is 1. The zero-order chi connectivity index (χ0) is 12.5. The van der Waals surface area contributed by atoms with Crippen LogP contribution in [-0.4, -0.2) is 38.9 Å². The van der Waals surface area contributed by atoms with Gasteiger partial charge in [0.2, 0.25) is 0 Å². The molecule has 0 bridgehead atoms. The van der Waals surface area contributed by atoms with Crippen LogP contribution in [0, 0.1) is 0 Å². The van der Waals surface area contributed by atoms with Crippen LogP contribution in [0.4, 0.5) is 0 Å². The molecule has 3 heterocycles. The minimum atomic E-state index is 0.0411. The van der Waals surface area contributed by atoms with E-state index in [0.717, 1.165) is 24.9 Å². The molecule has 1 amide bonds. The number of rotatable bonds is 2. The third kappa shape index (κ3) is 1.77. The highest BCUT2D eigenvalue weighted by molar-refractivity contribution is 6.18. The van der Waals surface area contributed by atoms with E-state index in [-0.39, 0.29) is 11.9 Å². The summed E-state index contributed by atoms with van der Waals surface area (Å²) >= 11 is 5.91. The lowest BCUT2D eigenvalue weighted by Crippen LogP contribution is -2.36. The van der Waals surface area contributed by atoms with Gasteiger partial charge in [0, 0.05) is 24.7 Å². The van der Waals surface area contributed by atoms with Gasteiger partial charge in [-0.05, 0) is 25.0 Å². The van der Waals surface area contributed by atoms with E-state index in [9.17, 15) is 4.79 Å². The summed E-state index contributed by atoms with van der Waals surface area (Å²) in [6.07, 6.45) is 5.51. The van der Waals surface area contributed by atoms with Crippen molar-refractivity contribution in [2.45, 2.75) is 18.9 Å². The number of halogens is 1. The second kappa shape index (κ2) is 4.61. The topological polar surface area (TPSA) is 37.6 Å². The molecular formula is C13H14ClN3O. The van der Waals surface area contributed by atoms with Gasteiger partial charge in [-0.15, -0.1) is 11.6 Å². The first-order chi connectivity index (χ1) is 8.81. The number of carbonyl (C=O) groups excluding carboxylic acids is 1. The molecule has 0 aliphatic carbocycles. The second-order valence-corrected chi connectivity index (χ2v) is 4.85. The first-order valence-electron chi connectivity index (χ1n) is 6.10. The molecule has 1 aliphatic heterocycles. The van der Waals surface area contributed by atoms with Crippen molar-refractivity contribution < 1.29 is 4.79 Å². The number of hydrogen-bond donors (Lipinski definition) is 0. The van der Waals surface area contributed by atoms with Crippen molar-refractivity contribution in [3.05, 3.63) is 36.2 Å². The average molecular weight is 264 g/mol. The molecule has 0 spiro atoms. The Hall–Kier alpha value is -1.55. The molecule has 0 saturated carbocycles. The van der Waals surface area contributed by atoms with Gasteiger partial charge in [-0.25, -0.2) is 4.52 Å². The molecule has 3 rings (SSSR count). The number of alkyl halides is 1. The summed E-state index contributed by atoms with van der Waals surface area (Å²) < 4.78 is 1.72. The van der Waals surface area contributed by atoms with Gasteiger partial charge < -0.3 is 4.90 Å². The fourth-order valence-corrected chi connectivity index (χ4v) is 2.84. The maximum Gasteiger partial charge on any atom is 0.257 e. The van der Waals surface area contributed by atoms with Crippen LogP contribution in [0.3, 0.4) is 0 Å². The van der Waals surface area contributed by atoms with Gasteiger partial charge in [0.1, 0.15) is 0 Å². The third-order valence-electron chi connectivity index (χ3n) is 3.47. The van der Waals surface area contributed by atoms with Crippen molar-refractivity contribution >= 4 is 23.0 Å². The van der Waals surface area contributed by atoms with Crippen LogP contribution < -0.4 is 0 Å². The molecule has 1 saturated heterocycles. The lowest BCUT2D eigenvalue weighted by atomic mass is 10.2. The number of hydrogen-bond acceptors (Lipinski definition) is 2. The highest BCUT2D eigenvalue weighted by Crippen LogP contribution is 2.22. The lowest BCUT2D eigenvalue weighted by Gasteiger charge is -2.22. The predicted molar refractivity (Wildman–Crippen MR) is 70.0 cm³/mol. The fraction of sp³-hybridized carbons (Fsp3) is 0.385. The van der Waals surface area contributed by atoms with Gasteiger partial charge in [-0.1, -0.05) is 6.07 Å². The number of pyridine rings is 1. The molecule has 2 aromatic heterocycles. The number of likely N-dealkylation sites (tertiary alicyclic amines) is 1. The van der Waals surface area contributed by atoms with Crippen molar-refractivity contribution in [2.75, 3.05) is 12.4 Å². The summed E-state index contributed by atoms with van der Waals surface area (Å²) in [7, 11) is 0. The van der Waals surface area contributed by atoms with E-state index >= 15 is 0 Å². The minimum absolute atomic E-state index is 0.0411. The first-order valence-corrected chi connectivity index (χ1v) is 6.64. The summed E-state index contributed by atoms with van der Waals surface area (Å²) in [4.78, 5) is 14.4. The molecule has 94 valence electrons. The molecule has 18 heavy (non-hydrogen) atoms. The van der Waals surface area contributed by atoms with Crippen LogP contribution in [0.1, 0.15) is 23.2 Å². The Bertz CT molecular complexity index is 580. The van der Waals surface area contributed by atoms with E-state index in [1.54, 1.807) is 10.7 Å². The van der Waals surface area contributed by atoms with E-state index < -0.39 is 0 Å². The highest BCUT2D eigenvalue weighted by atomic mass is 35.5. The molecule has 1 aliphatic rings. The maximum atomic E-state index is 12.5. The Morgan fingerprint density at radius 3 is 3.22 bits per heavy atom. The molecular weight excluding hydrogens is 250 g/mol. The van der Waals surface area contributed by atoms with Crippen LogP contribution in [0.25, 0.3) is 5.52 Å². The van der Waals surface area contributed by atoms with Crippen molar-refractivity contribution in [3.8, 4) is 0 Å². The zero-order valence-electron chi connectivity index (χ0n) is 9.92. The van der Waals surface area contributed by atoms with Crippen LogP contribution in [0.2, 0.25) is 0 Å². The molecule has 0 N–H and O–H groups in total. The zero-order valence-corrected chi connectivity index (χ0v) is 10.7. The van der Waals surface area contributed by atoms with E-state index in [0.29, 0.717) is 11.4 Å². The predicted octanol–water partition coefficient (Wildman–Crippen LogP) is 2.18. The quantitative estimate of drug-likeness (QED) is 0.779. The highest BCUT2D eigenvalue weighted by Gasteiger charge is 2.30. The van der Waals surface area contributed by atoms with E-state index in [4.69, 9.17) is 11.6 Å². The summed E-state index contributed by atoms with van der Waals surface area (Å²) in [5, 5.41) is 4.20. The molecule has 1 fully saturated rings. The Morgan fingerprint density at radius 2 is 2.39 bits per heavy atom. The lowest BCUT2D eigenvalue weighted by molar-refractivity contribution is 0.0751. The van der Waals surface area contributed by atoms with Crippen molar-refractivity contribution in [1.29, 1.82) is 0 Å². The number of aromatic nitrogens is 2. The molecule has 0 aromatic carbocycles. The van der Waals surface area contributed by atoms with Gasteiger partial charge >= 0.3 is 0 Å². The Balaban J connectivity index is 1.97. The normalized spacial score (nSPS) is 19.6. The van der Waals surface area contributed by atoms with Crippen LogP contribution in [0.5, 0.6) is 0 Å². The van der Waals surface area contributed by atoms with E-state index in [1.165, 1.54) is 0 Å². The van der Waals surface area contributed by atoms with Crippen molar-refractivity contribution in [2.24, 2.45) is 0 Å². The Kier molecular flexibility index (Phi) is 2.96. The van der Waals surface area contributed by atoms with Crippen LogP contribution >= 0.6 is 11.6 Å². The molecule has 4 nitrogen and oxygen atoms in total. The largest absolute Gasteiger partial charge is 0.334 e. The van der Waals surface area contributed by atoms with Crippen LogP contribution in [0.15, 0.2) is 30.6 Å². The summed E-state index contributed by atoms with van der Waals surface area (Å²) in [5.41, 5.74) is 1.51. The van der Waals surface area contributed by atoms with Gasteiger partial charge in [-0.2, -0.15) is 5.10 Å². The van der Waals surface area contributed by atoms with Crippen LogP contribution in [-0.2, 0) is 0 Å². The Morgan fingerprint density at radius 1 is 1.50 bits per heavy atom. The van der Waals surface area contributed by atoms with E-state index in [2.05, 4.69) is 5.10 Å². The second-order valence-electron chi connectivity index (χ2n) is 4.54. The first kappa shape index (κ1) is 11.5. The standard InChI is InChI=1S/C13H14ClN3O/c14-8-10-4-3-6-16(10)13(18)11-9-15-17-7-2-1-5-12(11)17/h1-2,5,7,9-10H,3-4,6,8H2. The van der Waals surface area contributed by atoms with Gasteiger partial charge in [0.25, 0.3) is 5.91 Å². The van der Waals surface area contributed by atoms with E-state index in [1.807, 2.05) is 29.3 Å². The molecule has 1 unspecified atom stereocenters. The van der Waals surface area contributed by atoms with Crippen molar-refractivity contribution in [1.82, 2.24) is 14.5 Å². The third-order valence-corrected chi connectivity index (χ3v) is 3.83. The summed E-state index contributed by atoms with van der Waals surface area (Å²) in [6, 6.07) is 5.88. The number of nitrogens with zero attached hydrogens (tertiary/aromatic N) is 3. The molecule has 1 atom stereocenters. The molecule has 5 heteroatoms. The SMILES string of the molecule is O=C(c1cnn2ccccc12)N1CCCC1CCl. The Labute approximate surface area is 110 Å². The average Bonchev–Trinajstić information content (AvgIpc) is 3.04. The number of fused-ring (bicyclic) bond motifs is 1. The van der Waals surface area contributed by atoms with Gasteiger partial charge in [-0.3, -0.25) is 4.79 Å². The summed E-state index contributed by atoms with van der Waals surface area (Å²) in [5.74, 6) is 0.546. The van der Waals surface area contributed by atoms with Crippen molar-refractivity contribution in [3.63, 3.8) is 0 Å². The summed E-state index contributed by atoms with van der Waals surface area (Å²) in [6.45, 7) is 0.792. The van der Waals surface area contributed by atoms with Gasteiger partial charge in [0.05, 0.1) is 17.3 Å². The maximum absolute atomic E-state index is 12.5. The number of carbonyl (C=O) groups is 1. The molecule has 0 radical (unpaired) electrons. The minimum Gasteiger partial charge on any atom is -0.334 e. The van der Waals surface area contributed by atoms with Gasteiger partial charge in [0.15, 0.2) is 0 Å². The molecule has 2 aromatic rings.